The lowest BCUT2D eigenvalue weighted by Gasteiger charge is -2.10. The molecule has 0 spiro atoms. The molecule has 26 heavy (non-hydrogen) atoms. The van der Waals surface area contributed by atoms with Crippen LogP contribution in [0.4, 0.5) is 17.3 Å². The van der Waals surface area contributed by atoms with Crippen molar-refractivity contribution in [1.29, 1.82) is 0 Å². The lowest BCUT2D eigenvalue weighted by molar-refractivity contribution is 0.102. The largest absolute Gasteiger partial charge is 0.495 e. The Balaban J connectivity index is 1.71. The van der Waals surface area contributed by atoms with E-state index >= 15 is 0 Å². The van der Waals surface area contributed by atoms with Crippen molar-refractivity contribution in [3.63, 3.8) is 0 Å². The van der Waals surface area contributed by atoms with Crippen LogP contribution in [-0.2, 0) is 0 Å². The van der Waals surface area contributed by atoms with Crippen LogP contribution in [-0.4, -0.2) is 23.0 Å². The van der Waals surface area contributed by atoms with Gasteiger partial charge in [-0.2, -0.15) is 0 Å². The molecule has 2 N–H and O–H groups in total. The third kappa shape index (κ3) is 3.97. The third-order valence-electron chi connectivity index (χ3n) is 3.90. The molecule has 1 aromatic heterocycles. The highest BCUT2D eigenvalue weighted by atomic mass is 16.5. The van der Waals surface area contributed by atoms with Crippen molar-refractivity contribution in [1.82, 2.24) is 9.97 Å². The van der Waals surface area contributed by atoms with Crippen molar-refractivity contribution < 1.29 is 9.53 Å². The minimum atomic E-state index is -0.299. The number of carbonyl (C=O) groups is 1. The number of aromatic nitrogens is 2. The molecule has 0 atom stereocenters. The first-order valence-corrected chi connectivity index (χ1v) is 8.17. The van der Waals surface area contributed by atoms with Crippen LogP contribution in [0.2, 0.25) is 0 Å². The van der Waals surface area contributed by atoms with Crippen LogP contribution in [0.25, 0.3) is 0 Å². The number of carbonyl (C=O) groups excluding carboxylic acids is 1. The molecule has 3 aromatic rings. The van der Waals surface area contributed by atoms with Crippen LogP contribution >= 0.6 is 0 Å². The summed E-state index contributed by atoms with van der Waals surface area (Å²) in [6.45, 7) is 4.06. The van der Waals surface area contributed by atoms with Crippen LogP contribution in [0.15, 0.2) is 54.9 Å². The zero-order chi connectivity index (χ0) is 18.5. The smallest absolute Gasteiger partial charge is 0.258 e. The molecule has 6 heteroatoms. The third-order valence-corrected chi connectivity index (χ3v) is 3.90. The van der Waals surface area contributed by atoms with E-state index in [-0.39, 0.29) is 5.91 Å². The first kappa shape index (κ1) is 17.4. The zero-order valence-corrected chi connectivity index (χ0v) is 14.9. The monoisotopic (exact) mass is 348 g/mol. The van der Waals surface area contributed by atoms with Crippen LogP contribution in [0.3, 0.4) is 0 Å². The molecule has 0 bridgehead atoms. The molecule has 0 aliphatic carbocycles. The van der Waals surface area contributed by atoms with Gasteiger partial charge in [-0.25, -0.2) is 9.97 Å². The van der Waals surface area contributed by atoms with E-state index in [4.69, 9.17) is 4.74 Å². The number of nitrogens with zero attached hydrogens (tertiary/aromatic N) is 2. The lowest BCUT2D eigenvalue weighted by atomic mass is 10.1. The summed E-state index contributed by atoms with van der Waals surface area (Å²) >= 11 is 0. The van der Waals surface area contributed by atoms with Crippen molar-refractivity contribution in [3.8, 4) is 5.75 Å². The maximum atomic E-state index is 12.4. The summed E-state index contributed by atoms with van der Waals surface area (Å²) in [6.07, 6.45) is 2.98. The highest BCUT2D eigenvalue weighted by Crippen LogP contribution is 2.24. The quantitative estimate of drug-likeness (QED) is 0.726. The van der Waals surface area contributed by atoms with E-state index in [1.165, 1.54) is 18.0 Å². The Morgan fingerprint density at radius 1 is 1.00 bits per heavy atom. The van der Waals surface area contributed by atoms with Gasteiger partial charge < -0.3 is 15.4 Å². The summed E-state index contributed by atoms with van der Waals surface area (Å²) in [7, 11) is 1.56. The first-order valence-electron chi connectivity index (χ1n) is 8.17. The Morgan fingerprint density at radius 3 is 2.42 bits per heavy atom. The molecule has 132 valence electrons. The van der Waals surface area contributed by atoms with Gasteiger partial charge in [0.15, 0.2) is 0 Å². The standard InChI is InChI=1S/C20H20N4O2/c1-13-8-9-16(14(2)10-13)24-20-21-11-15(12-22-20)19(25)23-17-6-4-5-7-18(17)26-3/h4-12H,1-3H3,(H,23,25)(H,21,22,24). The second-order valence-electron chi connectivity index (χ2n) is 5.89. The normalized spacial score (nSPS) is 10.3. The lowest BCUT2D eigenvalue weighted by Crippen LogP contribution is -2.13. The Bertz CT molecular complexity index is 923. The molecular weight excluding hydrogens is 328 g/mol. The Kier molecular flexibility index (Phi) is 5.12. The molecule has 0 unspecified atom stereocenters. The van der Waals surface area contributed by atoms with Gasteiger partial charge in [-0.05, 0) is 37.6 Å². The number of hydrogen-bond acceptors (Lipinski definition) is 5. The van der Waals surface area contributed by atoms with Crippen molar-refractivity contribution in [3.05, 3.63) is 71.5 Å². The number of para-hydroxylation sites is 2. The molecule has 0 fully saturated rings. The fourth-order valence-electron chi connectivity index (χ4n) is 2.53. The van der Waals surface area contributed by atoms with E-state index in [0.29, 0.717) is 22.9 Å². The van der Waals surface area contributed by atoms with Crippen LogP contribution in [0.1, 0.15) is 21.5 Å². The van der Waals surface area contributed by atoms with Gasteiger partial charge in [0.2, 0.25) is 5.95 Å². The van der Waals surface area contributed by atoms with Gasteiger partial charge in [-0.15, -0.1) is 0 Å². The van der Waals surface area contributed by atoms with Crippen LogP contribution in [0, 0.1) is 13.8 Å². The first-order chi connectivity index (χ1) is 12.6. The molecule has 2 aromatic carbocycles. The molecule has 3 rings (SSSR count). The van der Waals surface area contributed by atoms with Gasteiger partial charge in [0.25, 0.3) is 5.91 Å². The summed E-state index contributed by atoms with van der Waals surface area (Å²) in [6, 6.07) is 13.3. The maximum absolute atomic E-state index is 12.4. The van der Waals surface area contributed by atoms with Gasteiger partial charge in [-0.3, -0.25) is 4.79 Å². The summed E-state index contributed by atoms with van der Waals surface area (Å²) in [5.74, 6) is 0.730. The van der Waals surface area contributed by atoms with Crippen LogP contribution in [0.5, 0.6) is 5.75 Å². The number of amides is 1. The molecule has 0 saturated carbocycles. The fourth-order valence-corrected chi connectivity index (χ4v) is 2.53. The van der Waals surface area contributed by atoms with E-state index in [1.54, 1.807) is 19.2 Å². The number of rotatable bonds is 5. The maximum Gasteiger partial charge on any atom is 0.258 e. The fraction of sp³-hybridized carbons (Fsp3) is 0.150. The summed E-state index contributed by atoms with van der Waals surface area (Å²) in [4.78, 5) is 20.8. The second kappa shape index (κ2) is 7.65. The highest BCUT2D eigenvalue weighted by Gasteiger charge is 2.11. The molecule has 1 heterocycles. The average molecular weight is 348 g/mol. The number of ether oxygens (including phenoxy) is 1. The van der Waals surface area contributed by atoms with E-state index in [9.17, 15) is 4.79 Å². The van der Waals surface area contributed by atoms with Gasteiger partial charge in [-0.1, -0.05) is 29.8 Å². The Morgan fingerprint density at radius 2 is 1.73 bits per heavy atom. The number of hydrogen-bond donors (Lipinski definition) is 2. The Labute approximate surface area is 152 Å². The molecule has 6 nitrogen and oxygen atoms in total. The predicted molar refractivity (Wildman–Crippen MR) is 102 cm³/mol. The van der Waals surface area contributed by atoms with Crippen LogP contribution < -0.4 is 15.4 Å². The number of anilines is 3. The molecular formula is C20H20N4O2. The molecule has 0 aliphatic heterocycles. The molecule has 0 saturated heterocycles. The number of methoxy groups -OCH3 is 1. The molecule has 0 radical (unpaired) electrons. The van der Waals surface area contributed by atoms with Gasteiger partial charge in [0, 0.05) is 18.1 Å². The zero-order valence-electron chi connectivity index (χ0n) is 14.9. The van der Waals surface area contributed by atoms with Crippen molar-refractivity contribution in [2.24, 2.45) is 0 Å². The average Bonchev–Trinajstić information content (AvgIpc) is 2.65. The van der Waals surface area contributed by atoms with E-state index in [1.807, 2.05) is 38.1 Å². The number of benzene rings is 2. The minimum Gasteiger partial charge on any atom is -0.495 e. The Hall–Kier alpha value is -3.41. The van der Waals surface area contributed by atoms with Gasteiger partial charge in [0.1, 0.15) is 5.75 Å². The number of aryl methyl sites for hydroxylation is 2. The topological polar surface area (TPSA) is 76.1 Å². The van der Waals surface area contributed by atoms with Gasteiger partial charge in [0.05, 0.1) is 18.4 Å². The predicted octanol–water partition coefficient (Wildman–Crippen LogP) is 4.10. The SMILES string of the molecule is COc1ccccc1NC(=O)c1cnc(Nc2ccc(C)cc2C)nc1. The van der Waals surface area contributed by atoms with Crippen molar-refractivity contribution in [2.75, 3.05) is 17.7 Å². The highest BCUT2D eigenvalue weighted by molar-refractivity contribution is 6.04. The summed E-state index contributed by atoms with van der Waals surface area (Å²) in [5.41, 5.74) is 4.19. The minimum absolute atomic E-state index is 0.299. The second-order valence-corrected chi connectivity index (χ2v) is 5.89. The number of nitrogens with one attached hydrogen (secondary N) is 2. The van der Waals surface area contributed by atoms with E-state index in [2.05, 4.69) is 26.7 Å². The van der Waals surface area contributed by atoms with Crippen molar-refractivity contribution >= 4 is 23.2 Å². The molecule has 0 aliphatic rings. The summed E-state index contributed by atoms with van der Waals surface area (Å²) in [5, 5.41) is 5.96. The summed E-state index contributed by atoms with van der Waals surface area (Å²) < 4.78 is 5.23. The van der Waals surface area contributed by atoms with E-state index < -0.39 is 0 Å². The molecule has 1 amide bonds. The van der Waals surface area contributed by atoms with E-state index in [0.717, 1.165) is 11.3 Å². The van der Waals surface area contributed by atoms with Gasteiger partial charge >= 0.3 is 0 Å². The van der Waals surface area contributed by atoms with Crippen molar-refractivity contribution in [2.45, 2.75) is 13.8 Å².